The van der Waals surface area contributed by atoms with Crippen LogP contribution in [0.25, 0.3) is 0 Å². The van der Waals surface area contributed by atoms with Gasteiger partial charge in [0.2, 0.25) is 5.91 Å². The van der Waals surface area contributed by atoms with Gasteiger partial charge in [-0.1, -0.05) is 6.08 Å². The standard InChI is InChI=1S/C10H15F2NO2/c1-4-9(2,3)8(14)13-5-10(15,6-13)7(11)12/h4,7,15H,1,5-6H2,2-3H3. The van der Waals surface area contributed by atoms with E-state index in [0.717, 1.165) is 0 Å². The highest BCUT2D eigenvalue weighted by Crippen LogP contribution is 2.31. The van der Waals surface area contributed by atoms with E-state index in [4.69, 9.17) is 0 Å². The number of carbonyl (C=O) groups excluding carboxylic acids is 1. The fraction of sp³-hybridized carbons (Fsp3) is 0.700. The molecule has 0 saturated carbocycles. The van der Waals surface area contributed by atoms with Crippen molar-refractivity contribution >= 4 is 5.91 Å². The molecular weight excluding hydrogens is 204 g/mol. The first-order valence-corrected chi connectivity index (χ1v) is 4.66. The average molecular weight is 219 g/mol. The first-order valence-electron chi connectivity index (χ1n) is 4.66. The van der Waals surface area contributed by atoms with Crippen LogP contribution in [0.3, 0.4) is 0 Å². The molecule has 1 rings (SSSR count). The van der Waals surface area contributed by atoms with Crippen LogP contribution < -0.4 is 0 Å². The quantitative estimate of drug-likeness (QED) is 0.720. The molecule has 1 amide bonds. The Hall–Kier alpha value is -0.970. The van der Waals surface area contributed by atoms with E-state index in [1.807, 2.05) is 0 Å². The molecule has 15 heavy (non-hydrogen) atoms. The van der Waals surface area contributed by atoms with Gasteiger partial charge in [-0.15, -0.1) is 6.58 Å². The fourth-order valence-corrected chi connectivity index (χ4v) is 1.39. The van der Waals surface area contributed by atoms with Crippen LogP contribution in [0.5, 0.6) is 0 Å². The zero-order valence-corrected chi connectivity index (χ0v) is 8.83. The maximum atomic E-state index is 12.3. The molecule has 3 nitrogen and oxygen atoms in total. The SMILES string of the molecule is C=CC(C)(C)C(=O)N1CC(O)(C(F)F)C1. The Morgan fingerprint density at radius 1 is 1.60 bits per heavy atom. The van der Waals surface area contributed by atoms with Gasteiger partial charge in [0, 0.05) is 0 Å². The predicted octanol–water partition coefficient (Wildman–Crippen LogP) is 1.04. The Balaban J connectivity index is 2.60. The molecular formula is C10H15F2NO2. The molecule has 0 aromatic carbocycles. The van der Waals surface area contributed by atoms with Crippen LogP contribution in [0, 0.1) is 5.41 Å². The van der Waals surface area contributed by atoms with E-state index in [1.54, 1.807) is 13.8 Å². The summed E-state index contributed by atoms with van der Waals surface area (Å²) in [6.45, 7) is 6.21. The van der Waals surface area contributed by atoms with Crippen LogP contribution in [-0.2, 0) is 4.79 Å². The van der Waals surface area contributed by atoms with Gasteiger partial charge in [-0.05, 0) is 13.8 Å². The number of likely N-dealkylation sites (tertiary alicyclic amines) is 1. The highest BCUT2D eigenvalue weighted by atomic mass is 19.3. The smallest absolute Gasteiger partial charge is 0.270 e. The van der Waals surface area contributed by atoms with Crippen LogP contribution in [-0.4, -0.2) is 41.0 Å². The van der Waals surface area contributed by atoms with E-state index in [1.165, 1.54) is 11.0 Å². The molecule has 0 atom stereocenters. The Kier molecular flexibility index (Phi) is 2.87. The first-order chi connectivity index (χ1) is 6.73. The lowest BCUT2D eigenvalue weighted by atomic mass is 9.86. The van der Waals surface area contributed by atoms with Gasteiger partial charge in [-0.25, -0.2) is 8.78 Å². The van der Waals surface area contributed by atoms with Crippen molar-refractivity contribution in [1.82, 2.24) is 4.90 Å². The lowest BCUT2D eigenvalue weighted by Gasteiger charge is -2.47. The summed E-state index contributed by atoms with van der Waals surface area (Å²) in [7, 11) is 0. The summed E-state index contributed by atoms with van der Waals surface area (Å²) in [4.78, 5) is 12.9. The molecule has 0 aromatic heterocycles. The van der Waals surface area contributed by atoms with Crippen molar-refractivity contribution in [3.05, 3.63) is 12.7 Å². The van der Waals surface area contributed by atoms with Crippen LogP contribution in [0.1, 0.15) is 13.8 Å². The Morgan fingerprint density at radius 3 is 2.40 bits per heavy atom. The summed E-state index contributed by atoms with van der Waals surface area (Å²) in [5.41, 5.74) is -2.80. The normalized spacial score (nSPS) is 20.0. The largest absolute Gasteiger partial charge is 0.380 e. The van der Waals surface area contributed by atoms with E-state index in [9.17, 15) is 18.7 Å². The third kappa shape index (κ3) is 2.02. The second-order valence-electron chi connectivity index (χ2n) is 4.49. The molecule has 0 spiro atoms. The zero-order chi connectivity index (χ0) is 11.9. The van der Waals surface area contributed by atoms with E-state index in [2.05, 4.69) is 6.58 Å². The van der Waals surface area contributed by atoms with Crippen molar-refractivity contribution in [3.8, 4) is 0 Å². The van der Waals surface area contributed by atoms with Crippen LogP contribution in [0.4, 0.5) is 8.78 Å². The number of hydrogen-bond acceptors (Lipinski definition) is 2. The number of β-amino-alcohol motifs (C(OH)–C–C–N with tert-alkyl or cyclic N) is 1. The lowest BCUT2D eigenvalue weighted by Crippen LogP contribution is -2.68. The van der Waals surface area contributed by atoms with Gasteiger partial charge in [0.1, 0.15) is 0 Å². The van der Waals surface area contributed by atoms with Gasteiger partial charge in [-0.2, -0.15) is 0 Å². The van der Waals surface area contributed by atoms with Gasteiger partial charge in [0.15, 0.2) is 5.60 Å². The highest BCUT2D eigenvalue weighted by molar-refractivity contribution is 5.84. The second kappa shape index (κ2) is 3.56. The molecule has 0 aromatic rings. The van der Waals surface area contributed by atoms with E-state index >= 15 is 0 Å². The number of nitrogens with zero attached hydrogens (tertiary/aromatic N) is 1. The van der Waals surface area contributed by atoms with Gasteiger partial charge in [-0.3, -0.25) is 4.79 Å². The predicted molar refractivity (Wildman–Crippen MR) is 51.5 cm³/mol. The minimum Gasteiger partial charge on any atom is -0.380 e. The van der Waals surface area contributed by atoms with E-state index < -0.39 is 17.4 Å². The second-order valence-corrected chi connectivity index (χ2v) is 4.49. The number of halogens is 2. The molecule has 5 heteroatoms. The molecule has 1 N–H and O–H groups in total. The zero-order valence-electron chi connectivity index (χ0n) is 8.83. The van der Waals surface area contributed by atoms with Crippen LogP contribution in [0.2, 0.25) is 0 Å². The van der Waals surface area contributed by atoms with Crippen molar-refractivity contribution in [2.45, 2.75) is 25.9 Å². The molecule has 86 valence electrons. The van der Waals surface area contributed by atoms with Crippen molar-refractivity contribution in [2.75, 3.05) is 13.1 Å². The summed E-state index contributed by atoms with van der Waals surface area (Å²) in [5, 5.41) is 9.28. The Bertz CT molecular complexity index is 283. The monoisotopic (exact) mass is 219 g/mol. The lowest BCUT2D eigenvalue weighted by molar-refractivity contribution is -0.192. The highest BCUT2D eigenvalue weighted by Gasteiger charge is 2.52. The molecule has 0 unspecified atom stereocenters. The minimum absolute atomic E-state index is 0.289. The third-order valence-corrected chi connectivity index (χ3v) is 2.68. The van der Waals surface area contributed by atoms with Gasteiger partial charge in [0.05, 0.1) is 18.5 Å². The first kappa shape index (κ1) is 12.1. The number of carbonyl (C=O) groups is 1. The van der Waals surface area contributed by atoms with Crippen LogP contribution in [0.15, 0.2) is 12.7 Å². The van der Waals surface area contributed by atoms with Crippen molar-refractivity contribution in [1.29, 1.82) is 0 Å². The van der Waals surface area contributed by atoms with Gasteiger partial charge < -0.3 is 10.0 Å². The van der Waals surface area contributed by atoms with Crippen LogP contribution >= 0.6 is 0 Å². The topological polar surface area (TPSA) is 40.5 Å². The Morgan fingerprint density at radius 2 is 2.07 bits per heavy atom. The molecule has 1 aliphatic heterocycles. The van der Waals surface area contributed by atoms with Gasteiger partial charge >= 0.3 is 0 Å². The summed E-state index contributed by atoms with van der Waals surface area (Å²) < 4.78 is 24.5. The fourth-order valence-electron chi connectivity index (χ4n) is 1.39. The average Bonchev–Trinajstić information content (AvgIpc) is 2.11. The van der Waals surface area contributed by atoms with E-state index in [0.29, 0.717) is 0 Å². The maximum absolute atomic E-state index is 12.3. The molecule has 1 fully saturated rings. The van der Waals surface area contributed by atoms with Crippen molar-refractivity contribution in [3.63, 3.8) is 0 Å². The molecule has 0 bridgehead atoms. The number of rotatable bonds is 3. The van der Waals surface area contributed by atoms with E-state index in [-0.39, 0.29) is 19.0 Å². The Labute approximate surface area is 87.4 Å². The number of hydrogen-bond donors (Lipinski definition) is 1. The summed E-state index contributed by atoms with van der Waals surface area (Å²) in [6.07, 6.45) is -1.34. The number of alkyl halides is 2. The molecule has 1 saturated heterocycles. The van der Waals surface area contributed by atoms with Gasteiger partial charge in [0.25, 0.3) is 6.43 Å². The molecule has 1 heterocycles. The van der Waals surface area contributed by atoms with Crippen molar-refractivity contribution < 1.29 is 18.7 Å². The maximum Gasteiger partial charge on any atom is 0.270 e. The number of amides is 1. The molecule has 0 radical (unpaired) electrons. The molecule has 0 aliphatic carbocycles. The minimum atomic E-state index is -2.81. The number of aliphatic hydroxyl groups is 1. The summed E-state index contributed by atoms with van der Waals surface area (Å²) in [6, 6.07) is 0. The molecule has 1 aliphatic rings. The third-order valence-electron chi connectivity index (χ3n) is 2.68. The van der Waals surface area contributed by atoms with Crippen molar-refractivity contribution in [2.24, 2.45) is 5.41 Å². The summed E-state index contributed by atoms with van der Waals surface area (Å²) >= 11 is 0. The summed E-state index contributed by atoms with van der Waals surface area (Å²) in [5.74, 6) is -0.289.